The number of nitrogens with one attached hydrogen (secondary N) is 1. The molecule has 31 heavy (non-hydrogen) atoms. The third-order valence-electron chi connectivity index (χ3n) is 6.97. The van der Waals surface area contributed by atoms with Gasteiger partial charge in [-0.1, -0.05) is 30.3 Å². The largest absolute Gasteiger partial charge is 0.379 e. The van der Waals surface area contributed by atoms with Crippen LogP contribution in [0.2, 0.25) is 0 Å². The maximum atomic E-state index is 12.8. The van der Waals surface area contributed by atoms with Crippen molar-refractivity contribution in [3.8, 4) is 0 Å². The fourth-order valence-electron chi connectivity index (χ4n) is 5.11. The molecular weight excluding hydrogens is 390 g/mol. The van der Waals surface area contributed by atoms with E-state index < -0.39 is 0 Å². The van der Waals surface area contributed by atoms with Gasteiger partial charge in [0.2, 0.25) is 5.91 Å². The molecule has 1 aromatic rings. The fourth-order valence-corrected chi connectivity index (χ4v) is 5.11. The second-order valence-electron chi connectivity index (χ2n) is 8.95. The van der Waals surface area contributed by atoms with Crippen LogP contribution in [0.4, 0.5) is 0 Å². The van der Waals surface area contributed by atoms with Crippen molar-refractivity contribution in [1.82, 2.24) is 20.0 Å². The standard InChI is InChI=1S/C24H37N5O2/c1-25-24(29-12-9-22(19-29)27-13-15-31-16-14-27)26-18-23(30)28-10-7-21(8-11-28)17-20-5-3-2-4-6-20/h2-6,21-22H,7-19H2,1H3,(H,25,26). The second-order valence-corrected chi connectivity index (χ2v) is 8.95. The summed E-state index contributed by atoms with van der Waals surface area (Å²) in [5.74, 6) is 1.71. The summed E-state index contributed by atoms with van der Waals surface area (Å²) in [4.78, 5) is 24.1. The summed E-state index contributed by atoms with van der Waals surface area (Å²) in [5, 5.41) is 3.32. The Balaban J connectivity index is 1.18. The third kappa shape index (κ3) is 5.98. The summed E-state index contributed by atoms with van der Waals surface area (Å²) < 4.78 is 5.48. The molecule has 1 aromatic carbocycles. The van der Waals surface area contributed by atoms with Crippen LogP contribution >= 0.6 is 0 Å². The normalized spacial score (nSPS) is 23.9. The van der Waals surface area contributed by atoms with Gasteiger partial charge in [-0.3, -0.25) is 14.7 Å². The highest BCUT2D eigenvalue weighted by molar-refractivity contribution is 5.86. The van der Waals surface area contributed by atoms with Gasteiger partial charge in [-0.25, -0.2) is 0 Å². The topological polar surface area (TPSA) is 60.4 Å². The summed E-state index contributed by atoms with van der Waals surface area (Å²) in [6.07, 6.45) is 4.43. The van der Waals surface area contributed by atoms with E-state index in [4.69, 9.17) is 4.74 Å². The van der Waals surface area contributed by atoms with Gasteiger partial charge in [0.05, 0.1) is 19.8 Å². The monoisotopic (exact) mass is 427 g/mol. The Morgan fingerprint density at radius 3 is 2.45 bits per heavy atom. The van der Waals surface area contributed by atoms with E-state index in [9.17, 15) is 4.79 Å². The van der Waals surface area contributed by atoms with Gasteiger partial charge < -0.3 is 19.9 Å². The number of aliphatic imine (C=N–C) groups is 1. The van der Waals surface area contributed by atoms with Crippen LogP contribution in [0, 0.1) is 5.92 Å². The van der Waals surface area contributed by atoms with Gasteiger partial charge >= 0.3 is 0 Å². The van der Waals surface area contributed by atoms with Crippen LogP contribution in [0.3, 0.4) is 0 Å². The molecule has 0 bridgehead atoms. The number of likely N-dealkylation sites (tertiary alicyclic amines) is 2. The fraction of sp³-hybridized carbons (Fsp3) is 0.667. The molecule has 3 aliphatic heterocycles. The maximum Gasteiger partial charge on any atom is 0.241 e. The Kier molecular flexibility index (Phi) is 7.81. The molecule has 3 saturated heterocycles. The van der Waals surface area contributed by atoms with Crippen molar-refractivity contribution >= 4 is 11.9 Å². The van der Waals surface area contributed by atoms with Gasteiger partial charge in [-0.15, -0.1) is 0 Å². The first-order chi connectivity index (χ1) is 15.2. The van der Waals surface area contributed by atoms with Crippen LogP contribution in [0.1, 0.15) is 24.8 Å². The minimum atomic E-state index is 0.184. The molecule has 0 radical (unpaired) electrons. The number of piperidine rings is 1. The molecule has 1 amide bonds. The van der Waals surface area contributed by atoms with Crippen LogP contribution in [-0.2, 0) is 16.0 Å². The Bertz CT molecular complexity index is 727. The Morgan fingerprint density at radius 2 is 1.74 bits per heavy atom. The highest BCUT2D eigenvalue weighted by Gasteiger charge is 2.30. The lowest BCUT2D eigenvalue weighted by molar-refractivity contribution is -0.131. The van der Waals surface area contributed by atoms with Crippen molar-refractivity contribution in [2.75, 3.05) is 66.1 Å². The molecule has 0 spiro atoms. The summed E-state index contributed by atoms with van der Waals surface area (Å²) >= 11 is 0. The number of benzene rings is 1. The number of carbonyl (C=O) groups is 1. The summed E-state index contributed by atoms with van der Waals surface area (Å²) in [7, 11) is 1.81. The SMILES string of the molecule is CN=C(NCC(=O)N1CCC(Cc2ccccc2)CC1)N1CCC(N2CCOCC2)C1. The van der Waals surface area contributed by atoms with E-state index in [0.29, 0.717) is 18.5 Å². The van der Waals surface area contributed by atoms with Crippen LogP contribution in [0.15, 0.2) is 35.3 Å². The molecule has 4 rings (SSSR count). The van der Waals surface area contributed by atoms with Gasteiger partial charge in [-0.05, 0) is 37.2 Å². The van der Waals surface area contributed by atoms with Crippen LogP contribution in [-0.4, -0.2) is 98.7 Å². The van der Waals surface area contributed by atoms with Crippen molar-refractivity contribution in [1.29, 1.82) is 0 Å². The van der Waals surface area contributed by atoms with Crippen molar-refractivity contribution in [3.63, 3.8) is 0 Å². The molecular formula is C24H37N5O2. The number of carbonyl (C=O) groups excluding carboxylic acids is 1. The van der Waals surface area contributed by atoms with Gasteiger partial charge in [0.15, 0.2) is 5.96 Å². The van der Waals surface area contributed by atoms with Crippen molar-refractivity contribution < 1.29 is 9.53 Å². The maximum absolute atomic E-state index is 12.8. The second kappa shape index (κ2) is 11.0. The molecule has 1 atom stereocenters. The first kappa shape index (κ1) is 22.1. The number of guanidine groups is 1. The molecule has 3 fully saturated rings. The first-order valence-corrected chi connectivity index (χ1v) is 11.8. The van der Waals surface area contributed by atoms with Gasteiger partial charge in [-0.2, -0.15) is 0 Å². The zero-order valence-electron chi connectivity index (χ0n) is 18.8. The Hall–Kier alpha value is -2.12. The average molecular weight is 428 g/mol. The Labute approximate surface area is 186 Å². The van der Waals surface area contributed by atoms with Gasteiger partial charge in [0.1, 0.15) is 0 Å². The number of morpholine rings is 1. The van der Waals surface area contributed by atoms with E-state index in [1.807, 2.05) is 11.9 Å². The van der Waals surface area contributed by atoms with E-state index >= 15 is 0 Å². The molecule has 0 aromatic heterocycles. The van der Waals surface area contributed by atoms with Crippen molar-refractivity contribution in [2.24, 2.45) is 10.9 Å². The predicted molar refractivity (Wildman–Crippen MR) is 123 cm³/mol. The van der Waals surface area contributed by atoms with Gasteiger partial charge in [0, 0.05) is 52.4 Å². The molecule has 1 N–H and O–H groups in total. The van der Waals surface area contributed by atoms with E-state index in [0.717, 1.165) is 84.1 Å². The molecule has 7 heteroatoms. The Morgan fingerprint density at radius 1 is 1.03 bits per heavy atom. The van der Waals surface area contributed by atoms with Crippen LogP contribution in [0.25, 0.3) is 0 Å². The number of ether oxygens (including phenoxy) is 1. The lowest BCUT2D eigenvalue weighted by Gasteiger charge is -2.33. The minimum Gasteiger partial charge on any atom is -0.379 e. The minimum absolute atomic E-state index is 0.184. The van der Waals surface area contributed by atoms with Crippen molar-refractivity contribution in [2.45, 2.75) is 31.7 Å². The summed E-state index contributed by atoms with van der Waals surface area (Å²) in [6, 6.07) is 11.2. The summed E-state index contributed by atoms with van der Waals surface area (Å²) in [5.41, 5.74) is 1.40. The average Bonchev–Trinajstić information content (AvgIpc) is 3.31. The molecule has 3 heterocycles. The van der Waals surface area contributed by atoms with Crippen molar-refractivity contribution in [3.05, 3.63) is 35.9 Å². The van der Waals surface area contributed by atoms with E-state index in [-0.39, 0.29) is 5.91 Å². The number of nitrogens with zero attached hydrogens (tertiary/aromatic N) is 4. The molecule has 7 nitrogen and oxygen atoms in total. The number of rotatable bonds is 5. The number of amides is 1. The third-order valence-corrected chi connectivity index (χ3v) is 6.97. The molecule has 1 unspecified atom stereocenters. The first-order valence-electron chi connectivity index (χ1n) is 11.8. The number of hydrogen-bond acceptors (Lipinski definition) is 4. The molecule has 0 aliphatic carbocycles. The summed E-state index contributed by atoms with van der Waals surface area (Å²) in [6.45, 7) is 7.71. The quantitative estimate of drug-likeness (QED) is 0.569. The highest BCUT2D eigenvalue weighted by atomic mass is 16.5. The zero-order chi connectivity index (χ0) is 21.5. The predicted octanol–water partition coefficient (Wildman–Crippen LogP) is 1.45. The van der Waals surface area contributed by atoms with Gasteiger partial charge in [0.25, 0.3) is 0 Å². The smallest absolute Gasteiger partial charge is 0.241 e. The lowest BCUT2D eigenvalue weighted by atomic mass is 9.90. The lowest BCUT2D eigenvalue weighted by Crippen LogP contribution is -2.49. The molecule has 0 saturated carbocycles. The zero-order valence-corrected chi connectivity index (χ0v) is 18.8. The van der Waals surface area contributed by atoms with E-state index in [1.54, 1.807) is 0 Å². The number of hydrogen-bond donors (Lipinski definition) is 1. The van der Waals surface area contributed by atoms with E-state index in [2.05, 4.69) is 50.4 Å². The molecule has 3 aliphatic rings. The molecule has 170 valence electrons. The highest BCUT2D eigenvalue weighted by Crippen LogP contribution is 2.22. The van der Waals surface area contributed by atoms with E-state index in [1.165, 1.54) is 5.56 Å². The van der Waals surface area contributed by atoms with Crippen LogP contribution < -0.4 is 5.32 Å². The van der Waals surface area contributed by atoms with Crippen LogP contribution in [0.5, 0.6) is 0 Å².